The topological polar surface area (TPSA) is 56.0 Å². The summed E-state index contributed by atoms with van der Waals surface area (Å²) >= 11 is 3.26. The van der Waals surface area contributed by atoms with Gasteiger partial charge in [0.05, 0.1) is 6.42 Å². The monoisotopic (exact) mass is 334 g/mol. The average Bonchev–Trinajstić information content (AvgIpc) is 2.76. The van der Waals surface area contributed by atoms with Crippen molar-refractivity contribution in [1.82, 2.24) is 10.1 Å². The van der Waals surface area contributed by atoms with Crippen molar-refractivity contribution in [2.75, 3.05) is 0 Å². The van der Waals surface area contributed by atoms with E-state index in [1.54, 1.807) is 24.3 Å². The average molecular weight is 335 g/mol. The highest BCUT2D eigenvalue weighted by Crippen LogP contribution is 2.26. The van der Waals surface area contributed by atoms with Gasteiger partial charge in [0.2, 0.25) is 17.5 Å². The normalized spacial score (nSPS) is 11.6. The molecule has 19 heavy (non-hydrogen) atoms. The highest BCUT2D eigenvalue weighted by molar-refractivity contribution is 9.10. The van der Waals surface area contributed by atoms with Crippen molar-refractivity contribution in [2.24, 2.45) is 0 Å². The summed E-state index contributed by atoms with van der Waals surface area (Å²) in [6, 6.07) is 6.88. The molecule has 0 saturated heterocycles. The zero-order valence-electron chi connectivity index (χ0n) is 9.24. The zero-order valence-corrected chi connectivity index (χ0v) is 10.8. The van der Waals surface area contributed by atoms with Crippen LogP contribution in [-0.4, -0.2) is 22.1 Å². The van der Waals surface area contributed by atoms with Gasteiger partial charge in [0.15, 0.2) is 0 Å². The lowest BCUT2D eigenvalue weighted by atomic mass is 10.2. The summed E-state index contributed by atoms with van der Waals surface area (Å²) in [5, 5.41) is 3.55. The summed E-state index contributed by atoms with van der Waals surface area (Å²) in [6.07, 6.45) is -5.86. The third-order valence-corrected chi connectivity index (χ3v) is 2.90. The van der Waals surface area contributed by atoms with Crippen LogP contribution in [0.4, 0.5) is 13.2 Å². The minimum atomic E-state index is -4.90. The van der Waals surface area contributed by atoms with Crippen LogP contribution < -0.4 is 0 Å². The van der Waals surface area contributed by atoms with Crippen LogP contribution in [0, 0.1) is 0 Å². The van der Waals surface area contributed by atoms with Crippen LogP contribution in [0.25, 0.3) is 11.4 Å². The Hall–Kier alpha value is -1.70. The highest BCUT2D eigenvalue weighted by Gasteiger charge is 2.39. The molecule has 0 aliphatic carbocycles. The van der Waals surface area contributed by atoms with Crippen molar-refractivity contribution in [3.05, 3.63) is 34.6 Å². The number of benzene rings is 1. The molecule has 0 aliphatic heterocycles. The summed E-state index contributed by atoms with van der Waals surface area (Å²) in [7, 11) is 0. The minimum absolute atomic E-state index is 0.123. The Morgan fingerprint density at radius 3 is 2.63 bits per heavy atom. The maximum Gasteiger partial charge on any atom is 0.450 e. The maximum absolute atomic E-state index is 12.1. The molecule has 0 bridgehead atoms. The SMILES string of the molecule is O=C(Cc1nc(-c2ccccc2Br)no1)C(F)(F)F. The van der Waals surface area contributed by atoms with Crippen molar-refractivity contribution < 1.29 is 22.5 Å². The summed E-state index contributed by atoms with van der Waals surface area (Å²) in [5.41, 5.74) is 0.567. The van der Waals surface area contributed by atoms with E-state index in [1.807, 2.05) is 0 Å². The van der Waals surface area contributed by atoms with E-state index in [0.717, 1.165) is 0 Å². The predicted molar refractivity (Wildman–Crippen MR) is 62.2 cm³/mol. The Labute approximate surface area is 113 Å². The molecule has 4 nitrogen and oxygen atoms in total. The molecule has 0 spiro atoms. The van der Waals surface area contributed by atoms with E-state index in [9.17, 15) is 18.0 Å². The molecule has 0 radical (unpaired) electrons. The number of Topliss-reactive ketones (excluding diaryl/α,β-unsaturated/α-hetero) is 1. The fraction of sp³-hybridized carbons (Fsp3) is 0.182. The number of nitrogens with zero attached hydrogens (tertiary/aromatic N) is 2. The molecule has 2 aromatic rings. The first-order valence-electron chi connectivity index (χ1n) is 5.05. The van der Waals surface area contributed by atoms with Gasteiger partial charge in [0, 0.05) is 10.0 Å². The zero-order chi connectivity index (χ0) is 14.0. The molecule has 0 N–H and O–H groups in total. The Morgan fingerprint density at radius 1 is 1.32 bits per heavy atom. The molecule has 0 unspecified atom stereocenters. The minimum Gasteiger partial charge on any atom is -0.338 e. The van der Waals surface area contributed by atoms with E-state index in [1.165, 1.54) is 0 Å². The van der Waals surface area contributed by atoms with Crippen LogP contribution in [0.1, 0.15) is 5.89 Å². The lowest BCUT2D eigenvalue weighted by molar-refractivity contribution is -0.170. The number of hydrogen-bond acceptors (Lipinski definition) is 4. The molecule has 1 aromatic carbocycles. The number of aromatic nitrogens is 2. The molecule has 2 rings (SSSR count). The molecular weight excluding hydrogens is 329 g/mol. The molecular formula is C11H6BrF3N2O2. The fourth-order valence-corrected chi connectivity index (χ4v) is 1.78. The molecule has 100 valence electrons. The highest BCUT2D eigenvalue weighted by atomic mass is 79.9. The summed E-state index contributed by atoms with van der Waals surface area (Å²) in [5.74, 6) is -2.17. The van der Waals surface area contributed by atoms with E-state index < -0.39 is 18.4 Å². The van der Waals surface area contributed by atoms with Gasteiger partial charge in [-0.3, -0.25) is 4.79 Å². The van der Waals surface area contributed by atoms with E-state index in [-0.39, 0.29) is 11.7 Å². The third-order valence-electron chi connectivity index (χ3n) is 2.21. The molecule has 8 heteroatoms. The molecule has 1 heterocycles. The first kappa shape index (κ1) is 13.7. The summed E-state index contributed by atoms with van der Waals surface area (Å²) in [6.45, 7) is 0. The Morgan fingerprint density at radius 2 is 2.00 bits per heavy atom. The second-order valence-corrected chi connectivity index (χ2v) is 4.44. The molecule has 0 fully saturated rings. The number of hydrogen-bond donors (Lipinski definition) is 0. The van der Waals surface area contributed by atoms with Gasteiger partial charge in [-0.1, -0.05) is 33.2 Å². The van der Waals surface area contributed by atoms with Crippen molar-refractivity contribution in [3.8, 4) is 11.4 Å². The van der Waals surface area contributed by atoms with Gasteiger partial charge in [-0.25, -0.2) is 0 Å². The van der Waals surface area contributed by atoms with Crippen LogP contribution in [0.2, 0.25) is 0 Å². The lowest BCUT2D eigenvalue weighted by Crippen LogP contribution is -2.24. The van der Waals surface area contributed by atoms with Crippen LogP contribution in [0.5, 0.6) is 0 Å². The second-order valence-electron chi connectivity index (χ2n) is 3.59. The van der Waals surface area contributed by atoms with Gasteiger partial charge in [0.1, 0.15) is 0 Å². The van der Waals surface area contributed by atoms with E-state index in [2.05, 4.69) is 30.6 Å². The van der Waals surface area contributed by atoms with Crippen LogP contribution in [0.15, 0.2) is 33.3 Å². The third kappa shape index (κ3) is 3.19. The van der Waals surface area contributed by atoms with Crippen LogP contribution in [-0.2, 0) is 11.2 Å². The van der Waals surface area contributed by atoms with Crippen molar-refractivity contribution in [2.45, 2.75) is 12.6 Å². The number of carbonyl (C=O) groups is 1. The summed E-state index contributed by atoms with van der Waals surface area (Å²) < 4.78 is 41.6. The van der Waals surface area contributed by atoms with Crippen molar-refractivity contribution in [3.63, 3.8) is 0 Å². The lowest BCUT2D eigenvalue weighted by Gasteiger charge is -2.00. The Bertz CT molecular complexity index is 610. The number of carbonyl (C=O) groups excluding carboxylic acids is 1. The number of ketones is 1. The Kier molecular flexibility index (Phi) is 3.70. The first-order chi connectivity index (χ1) is 8.88. The van der Waals surface area contributed by atoms with E-state index >= 15 is 0 Å². The van der Waals surface area contributed by atoms with E-state index in [4.69, 9.17) is 0 Å². The van der Waals surface area contributed by atoms with E-state index in [0.29, 0.717) is 10.0 Å². The molecule has 1 aromatic heterocycles. The van der Waals surface area contributed by atoms with Crippen LogP contribution in [0.3, 0.4) is 0 Å². The number of alkyl halides is 3. The first-order valence-corrected chi connectivity index (χ1v) is 5.85. The largest absolute Gasteiger partial charge is 0.450 e. The van der Waals surface area contributed by atoms with Gasteiger partial charge >= 0.3 is 6.18 Å². The smallest absolute Gasteiger partial charge is 0.338 e. The van der Waals surface area contributed by atoms with Gasteiger partial charge in [0.25, 0.3) is 0 Å². The van der Waals surface area contributed by atoms with Gasteiger partial charge in [-0.15, -0.1) is 0 Å². The fourth-order valence-electron chi connectivity index (χ4n) is 1.32. The Balaban J connectivity index is 2.21. The van der Waals surface area contributed by atoms with Gasteiger partial charge in [-0.05, 0) is 12.1 Å². The molecule has 0 saturated carbocycles. The van der Waals surface area contributed by atoms with Gasteiger partial charge in [-0.2, -0.15) is 18.2 Å². The number of halogens is 4. The van der Waals surface area contributed by atoms with Crippen molar-refractivity contribution >= 4 is 21.7 Å². The second kappa shape index (κ2) is 5.12. The van der Waals surface area contributed by atoms with Gasteiger partial charge < -0.3 is 4.52 Å². The molecule has 0 amide bonds. The standard InChI is InChI=1S/C11H6BrF3N2O2/c12-7-4-2-1-3-6(7)10-16-9(19-17-10)5-8(18)11(13,14)15/h1-4H,5H2. The number of rotatable bonds is 3. The molecule has 0 atom stereocenters. The quantitative estimate of drug-likeness (QED) is 0.865. The summed E-state index contributed by atoms with van der Waals surface area (Å²) in [4.78, 5) is 14.6. The van der Waals surface area contributed by atoms with Crippen LogP contribution >= 0.6 is 15.9 Å². The predicted octanol–water partition coefficient (Wildman–Crippen LogP) is 3.17. The maximum atomic E-state index is 12.1. The van der Waals surface area contributed by atoms with Crippen molar-refractivity contribution in [1.29, 1.82) is 0 Å². The molecule has 0 aliphatic rings.